The zero-order valence-corrected chi connectivity index (χ0v) is 15.5. The molecule has 10 heteroatoms. The van der Waals surface area contributed by atoms with Crippen LogP contribution in [0.4, 0.5) is 19.1 Å². The lowest BCUT2D eigenvalue weighted by atomic mass is 10.1. The van der Waals surface area contributed by atoms with Gasteiger partial charge in [0.2, 0.25) is 11.8 Å². The quantitative estimate of drug-likeness (QED) is 0.725. The van der Waals surface area contributed by atoms with Gasteiger partial charge in [-0.2, -0.15) is 18.2 Å². The molecule has 0 bridgehead atoms. The molecule has 4 rings (SSSR count). The fraction of sp³-hybridized carbons (Fsp3) is 0.474. The van der Waals surface area contributed by atoms with Gasteiger partial charge in [-0.15, -0.1) is 0 Å². The van der Waals surface area contributed by atoms with Crippen molar-refractivity contribution in [2.75, 3.05) is 31.6 Å². The van der Waals surface area contributed by atoms with Crippen molar-refractivity contribution in [3.63, 3.8) is 0 Å². The van der Waals surface area contributed by atoms with E-state index >= 15 is 0 Å². The first-order valence-electron chi connectivity index (χ1n) is 9.30. The van der Waals surface area contributed by atoms with Gasteiger partial charge in [-0.1, -0.05) is 12.1 Å². The highest BCUT2D eigenvalue weighted by molar-refractivity contribution is 5.30. The number of hydrogen-bond acceptors (Lipinski definition) is 7. The van der Waals surface area contributed by atoms with E-state index in [1.165, 1.54) is 12.1 Å². The van der Waals surface area contributed by atoms with Gasteiger partial charge in [0.15, 0.2) is 0 Å². The molecule has 2 saturated heterocycles. The highest BCUT2D eigenvalue weighted by Gasteiger charge is 2.31. The molecule has 2 aliphatic rings. The molecular weight excluding hydrogens is 389 g/mol. The van der Waals surface area contributed by atoms with E-state index < -0.39 is 11.7 Å². The lowest BCUT2D eigenvalue weighted by molar-refractivity contribution is -0.137. The van der Waals surface area contributed by atoms with Crippen LogP contribution in [-0.4, -0.2) is 54.5 Å². The molecule has 0 unspecified atom stereocenters. The molecule has 29 heavy (non-hydrogen) atoms. The molecule has 2 fully saturated rings. The van der Waals surface area contributed by atoms with Gasteiger partial charge < -0.3 is 24.8 Å². The van der Waals surface area contributed by atoms with E-state index in [9.17, 15) is 13.2 Å². The molecule has 2 aromatic rings. The van der Waals surface area contributed by atoms with Gasteiger partial charge in [0, 0.05) is 25.4 Å². The van der Waals surface area contributed by atoms with Crippen molar-refractivity contribution in [2.45, 2.75) is 31.0 Å². The topological polar surface area (TPSA) is 77.5 Å². The van der Waals surface area contributed by atoms with Crippen molar-refractivity contribution < 1.29 is 27.4 Å². The van der Waals surface area contributed by atoms with E-state index in [-0.39, 0.29) is 24.9 Å². The van der Waals surface area contributed by atoms with Gasteiger partial charge in [-0.05, 0) is 17.7 Å². The number of ether oxygens (including phenoxy) is 3. The van der Waals surface area contributed by atoms with Crippen LogP contribution < -0.4 is 15.4 Å². The summed E-state index contributed by atoms with van der Waals surface area (Å²) in [5.74, 6) is 0.906. The number of rotatable bonds is 7. The molecular formula is C19H21F3N4O3. The van der Waals surface area contributed by atoms with Crippen LogP contribution in [0, 0.1) is 0 Å². The number of hydrogen-bond donors (Lipinski definition) is 2. The van der Waals surface area contributed by atoms with Gasteiger partial charge in [0.25, 0.3) is 0 Å². The molecule has 0 saturated carbocycles. The second-order valence-corrected chi connectivity index (χ2v) is 6.95. The van der Waals surface area contributed by atoms with Gasteiger partial charge in [-0.25, -0.2) is 4.98 Å². The molecule has 156 valence electrons. The third kappa shape index (κ3) is 5.14. The molecule has 0 radical (unpaired) electrons. The summed E-state index contributed by atoms with van der Waals surface area (Å²) in [5.41, 5.74) is 0.00838. The summed E-state index contributed by atoms with van der Waals surface area (Å²) in [7, 11) is 0. The summed E-state index contributed by atoms with van der Waals surface area (Å²) in [6, 6.07) is 6.60. The number of halogens is 3. The van der Waals surface area contributed by atoms with Gasteiger partial charge in [0.1, 0.15) is 6.10 Å². The molecule has 2 atom stereocenters. The van der Waals surface area contributed by atoms with E-state index in [1.807, 2.05) is 0 Å². The summed E-state index contributed by atoms with van der Waals surface area (Å²) in [6.45, 7) is 2.60. The number of nitrogens with zero attached hydrogens (tertiary/aromatic N) is 2. The van der Waals surface area contributed by atoms with Crippen molar-refractivity contribution in [1.29, 1.82) is 0 Å². The maximum atomic E-state index is 12.7. The summed E-state index contributed by atoms with van der Waals surface area (Å²) in [4.78, 5) is 8.57. The van der Waals surface area contributed by atoms with E-state index in [0.29, 0.717) is 43.7 Å². The molecule has 2 aliphatic heterocycles. The summed E-state index contributed by atoms with van der Waals surface area (Å²) in [5, 5.41) is 6.47. The van der Waals surface area contributed by atoms with Crippen LogP contribution >= 0.6 is 0 Å². The largest absolute Gasteiger partial charge is 0.469 e. The number of anilines is 1. The van der Waals surface area contributed by atoms with Crippen molar-refractivity contribution >= 4 is 5.95 Å². The maximum Gasteiger partial charge on any atom is 0.416 e. The van der Waals surface area contributed by atoms with Gasteiger partial charge >= 0.3 is 6.18 Å². The molecule has 0 spiro atoms. The molecule has 0 amide bonds. The molecule has 7 nitrogen and oxygen atoms in total. The molecule has 2 N–H and O–H groups in total. The molecule has 1 aromatic carbocycles. The Labute approximate surface area is 165 Å². The van der Waals surface area contributed by atoms with Crippen molar-refractivity contribution in [2.24, 2.45) is 0 Å². The lowest BCUT2D eigenvalue weighted by Gasteiger charge is -2.26. The maximum absolute atomic E-state index is 12.7. The van der Waals surface area contributed by atoms with Gasteiger partial charge in [0.05, 0.1) is 37.5 Å². The first kappa shape index (κ1) is 19.9. The Morgan fingerprint density at radius 1 is 1.14 bits per heavy atom. The van der Waals surface area contributed by atoms with Crippen LogP contribution in [0.2, 0.25) is 0 Å². The van der Waals surface area contributed by atoms with Crippen LogP contribution in [-0.2, 0) is 22.3 Å². The third-order valence-corrected chi connectivity index (χ3v) is 4.74. The number of alkyl halides is 3. The average Bonchev–Trinajstić information content (AvgIpc) is 3.10. The number of benzene rings is 1. The Kier molecular flexibility index (Phi) is 5.84. The van der Waals surface area contributed by atoms with Crippen LogP contribution in [0.1, 0.15) is 11.1 Å². The minimum atomic E-state index is -4.34. The minimum absolute atomic E-state index is 0.0192. The van der Waals surface area contributed by atoms with Crippen molar-refractivity contribution in [1.82, 2.24) is 15.3 Å². The van der Waals surface area contributed by atoms with Crippen LogP contribution in [0.3, 0.4) is 0 Å². The highest BCUT2D eigenvalue weighted by Crippen LogP contribution is 2.29. The number of aromatic nitrogens is 2. The smallest absolute Gasteiger partial charge is 0.416 e. The minimum Gasteiger partial charge on any atom is -0.469 e. The zero-order valence-electron chi connectivity index (χ0n) is 15.5. The fourth-order valence-corrected chi connectivity index (χ4v) is 3.06. The Balaban J connectivity index is 1.31. The predicted octanol–water partition coefficient (Wildman–Crippen LogP) is 2.24. The van der Waals surface area contributed by atoms with Crippen LogP contribution in [0.15, 0.2) is 36.5 Å². The summed E-state index contributed by atoms with van der Waals surface area (Å²) < 4.78 is 54.6. The van der Waals surface area contributed by atoms with Crippen LogP contribution in [0.25, 0.3) is 0 Å². The second-order valence-electron chi connectivity index (χ2n) is 6.95. The highest BCUT2D eigenvalue weighted by atomic mass is 19.4. The first-order chi connectivity index (χ1) is 14.0. The summed E-state index contributed by atoms with van der Waals surface area (Å²) in [6.07, 6.45) is -2.88. The van der Waals surface area contributed by atoms with Crippen molar-refractivity contribution in [3.05, 3.63) is 47.7 Å². The molecule has 3 heterocycles. The van der Waals surface area contributed by atoms with E-state index in [4.69, 9.17) is 14.2 Å². The SMILES string of the molecule is FC(F)(F)c1ccc(CO[C@@H]2CNC[C@H]2Nc2nccc(OC3COC3)n2)cc1. The normalized spacial score (nSPS) is 22.3. The second kappa shape index (κ2) is 8.52. The van der Waals surface area contributed by atoms with E-state index in [0.717, 1.165) is 12.1 Å². The predicted molar refractivity (Wildman–Crippen MR) is 97.6 cm³/mol. The third-order valence-electron chi connectivity index (χ3n) is 4.74. The molecule has 0 aliphatic carbocycles. The van der Waals surface area contributed by atoms with Crippen molar-refractivity contribution in [3.8, 4) is 5.88 Å². The first-order valence-corrected chi connectivity index (χ1v) is 9.30. The standard InChI is InChI=1S/C19H21F3N4O3/c20-19(21,22)13-3-1-12(2-4-13)9-28-16-8-23-7-15(16)25-18-24-6-5-17(26-18)29-14-10-27-11-14/h1-6,14-16,23H,7-11H2,(H,24,25,26)/t15-,16-/m1/s1. The Hall–Kier alpha value is -2.43. The summed E-state index contributed by atoms with van der Waals surface area (Å²) >= 11 is 0. The van der Waals surface area contributed by atoms with E-state index in [1.54, 1.807) is 12.3 Å². The Morgan fingerprint density at radius 2 is 1.93 bits per heavy atom. The Morgan fingerprint density at radius 3 is 2.62 bits per heavy atom. The van der Waals surface area contributed by atoms with E-state index in [2.05, 4.69) is 20.6 Å². The monoisotopic (exact) mass is 410 g/mol. The fourth-order valence-electron chi connectivity index (χ4n) is 3.06. The average molecular weight is 410 g/mol. The zero-order chi connectivity index (χ0) is 20.3. The lowest BCUT2D eigenvalue weighted by Crippen LogP contribution is -2.39. The molecule has 1 aromatic heterocycles. The number of nitrogens with one attached hydrogen (secondary N) is 2. The van der Waals surface area contributed by atoms with Gasteiger partial charge in [-0.3, -0.25) is 0 Å². The Bertz CT molecular complexity index is 815. The van der Waals surface area contributed by atoms with Crippen LogP contribution in [0.5, 0.6) is 5.88 Å².